The van der Waals surface area contributed by atoms with Crippen molar-refractivity contribution in [1.82, 2.24) is 10.6 Å². The van der Waals surface area contributed by atoms with E-state index < -0.39 is 35.7 Å². The van der Waals surface area contributed by atoms with Crippen molar-refractivity contribution in [1.29, 1.82) is 0 Å². The van der Waals surface area contributed by atoms with Crippen LogP contribution >= 0.6 is 0 Å². The van der Waals surface area contributed by atoms with Crippen LogP contribution in [0.25, 0.3) is 11.1 Å². The smallest absolute Gasteiger partial charge is 0.407 e. The zero-order valence-electron chi connectivity index (χ0n) is 20.2. The minimum absolute atomic E-state index is 0.00344. The number of hydrogen-bond acceptors (Lipinski definition) is 5. The third-order valence-electron chi connectivity index (χ3n) is 6.75. The van der Waals surface area contributed by atoms with Gasteiger partial charge in [0.25, 0.3) is 0 Å². The highest BCUT2D eigenvalue weighted by molar-refractivity contribution is 5.81. The van der Waals surface area contributed by atoms with Gasteiger partial charge in [-0.05, 0) is 34.1 Å². The van der Waals surface area contributed by atoms with E-state index in [0.717, 1.165) is 22.3 Å². The van der Waals surface area contributed by atoms with Crippen molar-refractivity contribution in [2.24, 2.45) is 5.41 Å². The van der Waals surface area contributed by atoms with Gasteiger partial charge in [0.1, 0.15) is 6.61 Å². The topological polar surface area (TPSA) is 114 Å². The quantitative estimate of drug-likeness (QED) is 0.557. The Bertz CT molecular complexity index is 1060. The van der Waals surface area contributed by atoms with Crippen LogP contribution in [0, 0.1) is 5.41 Å². The summed E-state index contributed by atoms with van der Waals surface area (Å²) in [7, 11) is 0. The summed E-state index contributed by atoms with van der Waals surface area (Å²) in [5, 5.41) is 14.8. The molecule has 1 heterocycles. The lowest BCUT2D eigenvalue weighted by atomic mass is 9.84. The van der Waals surface area contributed by atoms with Gasteiger partial charge in [-0.1, -0.05) is 69.3 Å². The average Bonchev–Trinajstić information content (AvgIpc) is 3.39. The number of alkyl carbamates (subject to hydrolysis) is 1. The molecule has 4 rings (SSSR count). The second-order valence-corrected chi connectivity index (χ2v) is 10.2. The molecule has 3 unspecified atom stereocenters. The summed E-state index contributed by atoms with van der Waals surface area (Å²) in [4.78, 5) is 36.8. The summed E-state index contributed by atoms with van der Waals surface area (Å²) in [5.41, 5.74) is 4.12. The van der Waals surface area contributed by atoms with Crippen LogP contribution in [-0.2, 0) is 19.1 Å². The third-order valence-corrected chi connectivity index (χ3v) is 6.75. The molecule has 1 fully saturated rings. The highest BCUT2D eigenvalue weighted by Crippen LogP contribution is 2.44. The Morgan fingerprint density at radius 3 is 2.23 bits per heavy atom. The summed E-state index contributed by atoms with van der Waals surface area (Å²) < 4.78 is 10.8. The fourth-order valence-corrected chi connectivity index (χ4v) is 4.79. The van der Waals surface area contributed by atoms with E-state index >= 15 is 0 Å². The van der Waals surface area contributed by atoms with E-state index in [0.29, 0.717) is 6.42 Å². The molecule has 3 N–H and O–H groups in total. The molecule has 8 heteroatoms. The Morgan fingerprint density at radius 2 is 1.66 bits per heavy atom. The van der Waals surface area contributed by atoms with Gasteiger partial charge in [0.05, 0.1) is 6.04 Å². The van der Waals surface area contributed by atoms with Crippen LogP contribution in [0.5, 0.6) is 0 Å². The summed E-state index contributed by atoms with van der Waals surface area (Å²) in [6, 6.07) is 15.1. The minimum atomic E-state index is -1.10. The molecular weight excluding hydrogens is 448 g/mol. The van der Waals surface area contributed by atoms with Gasteiger partial charge in [-0.25, -0.2) is 9.59 Å². The number of fused-ring (bicyclic) bond motifs is 3. The van der Waals surface area contributed by atoms with Crippen molar-refractivity contribution < 1.29 is 29.0 Å². The number of amides is 2. The van der Waals surface area contributed by atoms with Gasteiger partial charge in [0, 0.05) is 25.0 Å². The van der Waals surface area contributed by atoms with E-state index in [4.69, 9.17) is 9.47 Å². The zero-order chi connectivity index (χ0) is 25.2. The van der Waals surface area contributed by atoms with Gasteiger partial charge < -0.3 is 25.2 Å². The van der Waals surface area contributed by atoms with Crippen molar-refractivity contribution in [3.05, 3.63) is 59.7 Å². The van der Waals surface area contributed by atoms with Crippen molar-refractivity contribution >= 4 is 18.0 Å². The van der Waals surface area contributed by atoms with Gasteiger partial charge in [0.2, 0.25) is 5.91 Å². The fourth-order valence-electron chi connectivity index (χ4n) is 4.79. The number of rotatable bonds is 7. The summed E-state index contributed by atoms with van der Waals surface area (Å²) in [5.74, 6) is -1.50. The number of nitrogens with one attached hydrogen (secondary N) is 2. The molecule has 0 radical (unpaired) electrons. The standard InChI is InChI=1S/C27H32N2O6/c1-27(2,3)22(14-23(30)28-21-12-13-34-24(21)25(31)32)29-26(33)35-15-20-18-10-6-4-8-16(18)17-9-5-7-11-19(17)20/h4-11,20-22,24H,12-15H2,1-3H3,(H,28,30)(H,29,33)(H,31,32). The number of carboxylic acids is 1. The Morgan fingerprint density at radius 1 is 1.06 bits per heavy atom. The largest absolute Gasteiger partial charge is 0.479 e. The van der Waals surface area contributed by atoms with E-state index in [1.165, 1.54) is 0 Å². The van der Waals surface area contributed by atoms with Crippen molar-refractivity contribution in [3.63, 3.8) is 0 Å². The number of carbonyl (C=O) groups excluding carboxylic acids is 2. The molecule has 186 valence electrons. The van der Waals surface area contributed by atoms with Crippen LogP contribution in [0.3, 0.4) is 0 Å². The Kier molecular flexibility index (Phi) is 7.12. The number of benzene rings is 2. The average molecular weight is 481 g/mol. The lowest BCUT2D eigenvalue weighted by molar-refractivity contribution is -0.148. The molecule has 35 heavy (non-hydrogen) atoms. The van der Waals surface area contributed by atoms with Gasteiger partial charge in [0.15, 0.2) is 6.10 Å². The normalized spacial score (nSPS) is 20.0. The maximum atomic E-state index is 12.8. The first-order chi connectivity index (χ1) is 16.6. The molecule has 1 aliphatic heterocycles. The molecule has 8 nitrogen and oxygen atoms in total. The number of carbonyl (C=O) groups is 3. The van der Waals surface area contributed by atoms with Crippen LogP contribution in [0.15, 0.2) is 48.5 Å². The molecule has 1 saturated heterocycles. The molecule has 0 bridgehead atoms. The van der Waals surface area contributed by atoms with Gasteiger partial charge in [-0.3, -0.25) is 4.79 Å². The van der Waals surface area contributed by atoms with Crippen LogP contribution < -0.4 is 10.6 Å². The molecule has 0 aromatic heterocycles. The van der Waals surface area contributed by atoms with E-state index in [2.05, 4.69) is 34.9 Å². The Balaban J connectivity index is 1.37. The monoisotopic (exact) mass is 480 g/mol. The fraction of sp³-hybridized carbons (Fsp3) is 0.444. The SMILES string of the molecule is CC(C)(C)C(CC(=O)NC1CCOC1C(=O)O)NC(=O)OCC1c2ccccc2-c2ccccc21. The van der Waals surface area contributed by atoms with Crippen molar-refractivity contribution in [2.75, 3.05) is 13.2 Å². The predicted octanol–water partition coefficient (Wildman–Crippen LogP) is 3.69. The second kappa shape index (κ2) is 10.1. The second-order valence-electron chi connectivity index (χ2n) is 10.2. The highest BCUT2D eigenvalue weighted by Gasteiger charge is 2.37. The summed E-state index contributed by atoms with van der Waals surface area (Å²) in [6.45, 7) is 6.24. The molecule has 0 saturated carbocycles. The van der Waals surface area contributed by atoms with E-state index in [9.17, 15) is 19.5 Å². The van der Waals surface area contributed by atoms with Crippen LogP contribution in [-0.4, -0.2) is 54.5 Å². The molecule has 2 amide bonds. The van der Waals surface area contributed by atoms with Gasteiger partial charge >= 0.3 is 12.1 Å². The number of ether oxygens (including phenoxy) is 2. The van der Waals surface area contributed by atoms with Crippen LogP contribution in [0.4, 0.5) is 4.79 Å². The Labute approximate surface area is 205 Å². The first-order valence-corrected chi connectivity index (χ1v) is 11.9. The predicted molar refractivity (Wildman–Crippen MR) is 130 cm³/mol. The highest BCUT2D eigenvalue weighted by atomic mass is 16.5. The van der Waals surface area contributed by atoms with Crippen LogP contribution in [0.2, 0.25) is 0 Å². The van der Waals surface area contributed by atoms with Crippen LogP contribution in [0.1, 0.15) is 50.7 Å². The maximum absolute atomic E-state index is 12.8. The lowest BCUT2D eigenvalue weighted by Crippen LogP contribution is -2.50. The van der Waals surface area contributed by atoms with Crippen molar-refractivity contribution in [3.8, 4) is 11.1 Å². The van der Waals surface area contributed by atoms with E-state index in [1.54, 1.807) is 0 Å². The molecule has 2 aliphatic rings. The van der Waals surface area contributed by atoms with E-state index in [1.807, 2.05) is 45.0 Å². The molecule has 2 aromatic carbocycles. The zero-order valence-corrected chi connectivity index (χ0v) is 20.2. The summed E-state index contributed by atoms with van der Waals surface area (Å²) >= 11 is 0. The Hall–Kier alpha value is -3.39. The van der Waals surface area contributed by atoms with Gasteiger partial charge in [-0.2, -0.15) is 0 Å². The number of carboxylic acid groups (broad SMARTS) is 1. The minimum Gasteiger partial charge on any atom is -0.479 e. The van der Waals surface area contributed by atoms with Crippen molar-refractivity contribution in [2.45, 2.75) is 57.7 Å². The third kappa shape index (κ3) is 5.48. The summed E-state index contributed by atoms with van der Waals surface area (Å²) in [6.07, 6.45) is -1.21. The van der Waals surface area contributed by atoms with Gasteiger partial charge in [-0.15, -0.1) is 0 Å². The molecule has 3 atom stereocenters. The first-order valence-electron chi connectivity index (χ1n) is 11.9. The molecular formula is C27H32N2O6. The number of hydrogen-bond donors (Lipinski definition) is 3. The molecule has 1 aliphatic carbocycles. The molecule has 2 aromatic rings. The number of aliphatic carboxylic acids is 1. The first kappa shape index (κ1) is 24.7. The lowest BCUT2D eigenvalue weighted by Gasteiger charge is -2.31. The molecule has 0 spiro atoms. The van der Waals surface area contributed by atoms with E-state index in [-0.39, 0.29) is 31.5 Å². The maximum Gasteiger partial charge on any atom is 0.407 e.